The van der Waals surface area contributed by atoms with E-state index in [0.29, 0.717) is 0 Å². The van der Waals surface area contributed by atoms with E-state index in [4.69, 9.17) is 0 Å². The average molecular weight is 253 g/mol. The normalized spacial score (nSPS) is 35.8. The van der Waals surface area contributed by atoms with Gasteiger partial charge in [0.1, 0.15) is 0 Å². The van der Waals surface area contributed by atoms with E-state index in [2.05, 4.69) is 36.0 Å². The van der Waals surface area contributed by atoms with E-state index >= 15 is 0 Å². The van der Waals surface area contributed by atoms with Gasteiger partial charge in [-0.1, -0.05) is 20.3 Å². The van der Waals surface area contributed by atoms with Crippen molar-refractivity contribution in [3.8, 4) is 0 Å². The summed E-state index contributed by atoms with van der Waals surface area (Å²) >= 11 is 0. The standard InChI is InChI=1S/C15H31N3/c1-4-7-13-11-18(14(5-2)10-16-13)15-8-6-9-17(3)12-15/h13-16H,4-12H2,1-3H3. The summed E-state index contributed by atoms with van der Waals surface area (Å²) in [6.07, 6.45) is 6.69. The molecule has 3 unspecified atom stereocenters. The molecule has 2 aliphatic rings. The zero-order chi connectivity index (χ0) is 13.0. The minimum absolute atomic E-state index is 0.727. The van der Waals surface area contributed by atoms with Gasteiger partial charge in [0.25, 0.3) is 0 Å². The van der Waals surface area contributed by atoms with Gasteiger partial charge >= 0.3 is 0 Å². The molecule has 0 radical (unpaired) electrons. The van der Waals surface area contributed by atoms with Crippen molar-refractivity contribution in [1.29, 1.82) is 0 Å². The average Bonchev–Trinajstić information content (AvgIpc) is 2.39. The first-order chi connectivity index (χ1) is 8.74. The van der Waals surface area contributed by atoms with Crippen LogP contribution in [-0.4, -0.2) is 61.2 Å². The Morgan fingerprint density at radius 3 is 2.72 bits per heavy atom. The smallest absolute Gasteiger partial charge is 0.0227 e. The van der Waals surface area contributed by atoms with Gasteiger partial charge in [0.05, 0.1) is 0 Å². The molecule has 0 aromatic carbocycles. The lowest BCUT2D eigenvalue weighted by atomic mass is 9.97. The summed E-state index contributed by atoms with van der Waals surface area (Å²) in [5.74, 6) is 0. The lowest BCUT2D eigenvalue weighted by Gasteiger charge is -2.47. The number of rotatable bonds is 4. The van der Waals surface area contributed by atoms with Crippen LogP contribution in [0.5, 0.6) is 0 Å². The second-order valence-corrected chi connectivity index (χ2v) is 6.21. The highest BCUT2D eigenvalue weighted by Crippen LogP contribution is 2.22. The van der Waals surface area contributed by atoms with Crippen molar-refractivity contribution in [3.05, 3.63) is 0 Å². The fourth-order valence-corrected chi connectivity index (χ4v) is 3.67. The lowest BCUT2D eigenvalue weighted by Crippen LogP contribution is -2.61. The molecule has 3 nitrogen and oxygen atoms in total. The van der Waals surface area contributed by atoms with E-state index in [-0.39, 0.29) is 0 Å². The highest BCUT2D eigenvalue weighted by atomic mass is 15.3. The van der Waals surface area contributed by atoms with Crippen LogP contribution in [0, 0.1) is 0 Å². The fourth-order valence-electron chi connectivity index (χ4n) is 3.67. The van der Waals surface area contributed by atoms with Crippen molar-refractivity contribution in [2.45, 2.75) is 64.1 Å². The monoisotopic (exact) mass is 253 g/mol. The maximum atomic E-state index is 3.75. The molecular weight excluding hydrogens is 222 g/mol. The van der Waals surface area contributed by atoms with E-state index in [1.54, 1.807) is 0 Å². The van der Waals surface area contributed by atoms with Crippen LogP contribution in [0.2, 0.25) is 0 Å². The molecule has 106 valence electrons. The zero-order valence-corrected chi connectivity index (χ0v) is 12.5. The number of hydrogen-bond donors (Lipinski definition) is 1. The summed E-state index contributed by atoms with van der Waals surface area (Å²) in [5.41, 5.74) is 0. The van der Waals surface area contributed by atoms with Crippen LogP contribution in [0.1, 0.15) is 46.0 Å². The number of hydrogen-bond acceptors (Lipinski definition) is 3. The van der Waals surface area contributed by atoms with Gasteiger partial charge in [-0.2, -0.15) is 0 Å². The van der Waals surface area contributed by atoms with Gasteiger partial charge in [-0.25, -0.2) is 0 Å². The fraction of sp³-hybridized carbons (Fsp3) is 1.00. The lowest BCUT2D eigenvalue weighted by molar-refractivity contribution is 0.0388. The molecule has 1 N–H and O–H groups in total. The van der Waals surface area contributed by atoms with Crippen LogP contribution in [0.25, 0.3) is 0 Å². The minimum Gasteiger partial charge on any atom is -0.311 e. The first kappa shape index (κ1) is 14.3. The molecule has 2 aliphatic heterocycles. The van der Waals surface area contributed by atoms with E-state index in [1.165, 1.54) is 58.3 Å². The summed E-state index contributed by atoms with van der Waals surface area (Å²) in [7, 11) is 2.28. The van der Waals surface area contributed by atoms with Crippen LogP contribution in [-0.2, 0) is 0 Å². The van der Waals surface area contributed by atoms with Crippen LogP contribution in [0.4, 0.5) is 0 Å². The second-order valence-electron chi connectivity index (χ2n) is 6.21. The van der Waals surface area contributed by atoms with Crippen molar-refractivity contribution >= 4 is 0 Å². The molecule has 0 saturated carbocycles. The molecule has 2 heterocycles. The van der Waals surface area contributed by atoms with Crippen molar-refractivity contribution in [1.82, 2.24) is 15.1 Å². The highest BCUT2D eigenvalue weighted by molar-refractivity contribution is 4.91. The molecule has 2 fully saturated rings. The Labute approximate surface area is 113 Å². The topological polar surface area (TPSA) is 18.5 Å². The molecule has 3 heteroatoms. The zero-order valence-electron chi connectivity index (χ0n) is 12.5. The first-order valence-corrected chi connectivity index (χ1v) is 7.92. The number of piperidine rings is 1. The van der Waals surface area contributed by atoms with Gasteiger partial charge in [0, 0.05) is 37.8 Å². The Balaban J connectivity index is 1.96. The van der Waals surface area contributed by atoms with Crippen LogP contribution in [0.15, 0.2) is 0 Å². The number of likely N-dealkylation sites (N-methyl/N-ethyl adjacent to an activating group) is 1. The van der Waals surface area contributed by atoms with Gasteiger partial charge in [-0.15, -0.1) is 0 Å². The minimum atomic E-state index is 0.727. The quantitative estimate of drug-likeness (QED) is 0.826. The van der Waals surface area contributed by atoms with E-state index in [0.717, 1.165) is 18.1 Å². The SMILES string of the molecule is CCCC1CN(C2CCCN(C)C2)C(CC)CN1. The molecule has 0 aliphatic carbocycles. The van der Waals surface area contributed by atoms with Crippen LogP contribution >= 0.6 is 0 Å². The van der Waals surface area contributed by atoms with E-state index in [1.807, 2.05) is 0 Å². The van der Waals surface area contributed by atoms with Gasteiger partial charge in [-0.05, 0) is 39.3 Å². The van der Waals surface area contributed by atoms with Gasteiger partial charge in [0.2, 0.25) is 0 Å². The van der Waals surface area contributed by atoms with Crippen molar-refractivity contribution < 1.29 is 0 Å². The largest absolute Gasteiger partial charge is 0.311 e. The summed E-state index contributed by atoms with van der Waals surface area (Å²) in [6, 6.07) is 2.29. The van der Waals surface area contributed by atoms with Crippen molar-refractivity contribution in [3.63, 3.8) is 0 Å². The molecule has 0 amide bonds. The Hall–Kier alpha value is -0.120. The van der Waals surface area contributed by atoms with E-state index < -0.39 is 0 Å². The summed E-state index contributed by atoms with van der Waals surface area (Å²) in [6.45, 7) is 9.66. The molecular formula is C15H31N3. The van der Waals surface area contributed by atoms with Crippen LogP contribution in [0.3, 0.4) is 0 Å². The molecule has 0 aromatic rings. The van der Waals surface area contributed by atoms with Crippen molar-refractivity contribution in [2.75, 3.05) is 33.2 Å². The highest BCUT2D eigenvalue weighted by Gasteiger charge is 2.33. The Bertz CT molecular complexity index is 244. The Morgan fingerprint density at radius 1 is 1.22 bits per heavy atom. The maximum absolute atomic E-state index is 3.75. The first-order valence-electron chi connectivity index (χ1n) is 7.92. The molecule has 0 spiro atoms. The number of nitrogens with zero attached hydrogens (tertiary/aromatic N) is 2. The Morgan fingerprint density at radius 2 is 2.06 bits per heavy atom. The third-order valence-electron chi connectivity index (χ3n) is 4.72. The summed E-state index contributed by atoms with van der Waals surface area (Å²) in [5, 5.41) is 3.75. The molecule has 0 aromatic heterocycles. The van der Waals surface area contributed by atoms with Gasteiger partial charge < -0.3 is 10.2 Å². The predicted octanol–water partition coefficient (Wildman–Crippen LogP) is 1.93. The predicted molar refractivity (Wildman–Crippen MR) is 78.0 cm³/mol. The molecule has 0 bridgehead atoms. The second kappa shape index (κ2) is 6.88. The number of nitrogens with one attached hydrogen (secondary N) is 1. The number of likely N-dealkylation sites (tertiary alicyclic amines) is 1. The Kier molecular flexibility index (Phi) is 5.46. The third kappa shape index (κ3) is 3.46. The van der Waals surface area contributed by atoms with E-state index in [9.17, 15) is 0 Å². The molecule has 2 saturated heterocycles. The van der Waals surface area contributed by atoms with Crippen molar-refractivity contribution in [2.24, 2.45) is 0 Å². The molecule has 2 rings (SSSR count). The molecule has 3 atom stereocenters. The third-order valence-corrected chi connectivity index (χ3v) is 4.72. The summed E-state index contributed by atoms with van der Waals surface area (Å²) in [4.78, 5) is 5.34. The maximum Gasteiger partial charge on any atom is 0.0227 e. The van der Waals surface area contributed by atoms with Gasteiger partial charge in [-0.3, -0.25) is 4.90 Å². The molecule has 18 heavy (non-hydrogen) atoms. The van der Waals surface area contributed by atoms with Crippen LogP contribution < -0.4 is 5.32 Å². The summed E-state index contributed by atoms with van der Waals surface area (Å²) < 4.78 is 0. The van der Waals surface area contributed by atoms with Gasteiger partial charge in [0.15, 0.2) is 0 Å². The number of piperazine rings is 1.